The van der Waals surface area contributed by atoms with Gasteiger partial charge in [-0.05, 0) is 60.1 Å². The van der Waals surface area contributed by atoms with E-state index >= 15 is 0 Å². The molecule has 0 N–H and O–H groups in total. The molecule has 0 aromatic heterocycles. The molecule has 0 amide bonds. The molecule has 104 valence electrons. The van der Waals surface area contributed by atoms with Gasteiger partial charge in [-0.2, -0.15) is 0 Å². The second kappa shape index (κ2) is 5.01. The van der Waals surface area contributed by atoms with Gasteiger partial charge in [0.15, 0.2) is 0 Å². The minimum atomic E-state index is -0.226. The molecule has 1 fully saturated rings. The van der Waals surface area contributed by atoms with Gasteiger partial charge in [0.25, 0.3) is 0 Å². The zero-order valence-electron chi connectivity index (χ0n) is 11.6. The van der Waals surface area contributed by atoms with E-state index in [-0.39, 0.29) is 23.0 Å². The molecule has 0 bridgehead atoms. The predicted octanol–water partition coefficient (Wildman–Crippen LogP) is 5.29. The highest BCUT2D eigenvalue weighted by Crippen LogP contribution is 2.60. The molecule has 0 heterocycles. The monoisotopic (exact) mass is 272 g/mol. The van der Waals surface area contributed by atoms with Gasteiger partial charge in [0, 0.05) is 5.92 Å². The summed E-state index contributed by atoms with van der Waals surface area (Å²) in [4.78, 5) is 0. The van der Waals surface area contributed by atoms with Gasteiger partial charge in [-0.3, -0.25) is 0 Å². The Balaban J connectivity index is 2.10. The first-order chi connectivity index (χ1) is 9.64. The molecular formula is C18H18F2. The Labute approximate surface area is 118 Å². The lowest BCUT2D eigenvalue weighted by atomic mass is 9.77. The summed E-state index contributed by atoms with van der Waals surface area (Å²) in [5, 5.41) is 0. The molecule has 0 unspecified atom stereocenters. The van der Waals surface area contributed by atoms with Crippen molar-refractivity contribution in [1.82, 2.24) is 0 Å². The van der Waals surface area contributed by atoms with E-state index in [0.717, 1.165) is 30.4 Å². The van der Waals surface area contributed by atoms with Crippen LogP contribution in [0.3, 0.4) is 0 Å². The van der Waals surface area contributed by atoms with Crippen molar-refractivity contribution in [3.05, 3.63) is 71.3 Å². The fraction of sp³-hybridized carbons (Fsp3) is 0.333. The Hall–Kier alpha value is -1.70. The number of halogens is 2. The fourth-order valence-corrected chi connectivity index (χ4v) is 3.28. The van der Waals surface area contributed by atoms with Crippen LogP contribution in [0.2, 0.25) is 0 Å². The van der Waals surface area contributed by atoms with Crippen molar-refractivity contribution in [2.75, 3.05) is 0 Å². The van der Waals surface area contributed by atoms with Gasteiger partial charge in [0.1, 0.15) is 11.6 Å². The van der Waals surface area contributed by atoms with Crippen molar-refractivity contribution >= 4 is 0 Å². The molecule has 3 rings (SSSR count). The van der Waals surface area contributed by atoms with Gasteiger partial charge in [0.2, 0.25) is 0 Å². The van der Waals surface area contributed by atoms with E-state index in [2.05, 4.69) is 6.92 Å². The molecule has 0 spiro atoms. The van der Waals surface area contributed by atoms with Crippen LogP contribution in [0.15, 0.2) is 48.5 Å². The van der Waals surface area contributed by atoms with Crippen molar-refractivity contribution in [2.24, 2.45) is 5.41 Å². The van der Waals surface area contributed by atoms with E-state index in [9.17, 15) is 8.78 Å². The minimum absolute atomic E-state index is 0.0823. The Morgan fingerprint density at radius 2 is 1.45 bits per heavy atom. The Morgan fingerprint density at radius 3 is 1.80 bits per heavy atom. The third kappa shape index (κ3) is 2.35. The molecule has 2 aromatic rings. The van der Waals surface area contributed by atoms with E-state index in [1.165, 1.54) is 12.1 Å². The summed E-state index contributed by atoms with van der Waals surface area (Å²) in [6.07, 6.45) is 3.28. The first kappa shape index (κ1) is 13.3. The van der Waals surface area contributed by atoms with Gasteiger partial charge >= 0.3 is 0 Å². The first-order valence-electron chi connectivity index (χ1n) is 7.15. The SMILES string of the molecule is CCC1(C(c2cccc(F)c2)c2cccc(F)c2)CC1. The third-order valence-electron chi connectivity index (χ3n) is 4.57. The lowest BCUT2D eigenvalue weighted by Crippen LogP contribution is -2.15. The topological polar surface area (TPSA) is 0 Å². The number of benzene rings is 2. The van der Waals surface area contributed by atoms with Crippen molar-refractivity contribution in [3.63, 3.8) is 0 Å². The molecule has 2 aromatic carbocycles. The molecule has 0 atom stereocenters. The van der Waals surface area contributed by atoms with Gasteiger partial charge in [-0.15, -0.1) is 0 Å². The third-order valence-corrected chi connectivity index (χ3v) is 4.57. The largest absolute Gasteiger partial charge is 0.207 e. The van der Waals surface area contributed by atoms with E-state index in [0.29, 0.717) is 0 Å². The normalized spacial score (nSPS) is 16.4. The smallest absolute Gasteiger partial charge is 0.123 e. The molecule has 1 saturated carbocycles. The molecule has 2 heteroatoms. The number of hydrogen-bond acceptors (Lipinski definition) is 0. The highest BCUT2D eigenvalue weighted by Gasteiger charge is 2.48. The molecule has 1 aliphatic carbocycles. The van der Waals surface area contributed by atoms with Crippen LogP contribution in [-0.4, -0.2) is 0 Å². The van der Waals surface area contributed by atoms with Crippen LogP contribution in [0, 0.1) is 17.0 Å². The lowest BCUT2D eigenvalue weighted by molar-refractivity contribution is 0.427. The summed E-state index contributed by atoms with van der Waals surface area (Å²) in [6.45, 7) is 2.17. The van der Waals surface area contributed by atoms with E-state index in [1.54, 1.807) is 24.3 Å². The maximum Gasteiger partial charge on any atom is 0.123 e. The van der Waals surface area contributed by atoms with Crippen molar-refractivity contribution in [3.8, 4) is 0 Å². The van der Waals surface area contributed by atoms with Crippen LogP contribution in [0.4, 0.5) is 8.78 Å². The highest BCUT2D eigenvalue weighted by atomic mass is 19.1. The molecular weight excluding hydrogens is 254 g/mol. The number of rotatable bonds is 4. The standard InChI is InChI=1S/C18H18F2/c1-2-18(9-10-18)17(13-5-3-7-15(19)11-13)14-6-4-8-16(20)12-14/h3-8,11-12,17H,2,9-10H2,1H3. The van der Waals surface area contributed by atoms with Gasteiger partial charge < -0.3 is 0 Å². The van der Waals surface area contributed by atoms with Crippen LogP contribution < -0.4 is 0 Å². The van der Waals surface area contributed by atoms with E-state index < -0.39 is 0 Å². The summed E-state index contributed by atoms with van der Waals surface area (Å²) >= 11 is 0. The van der Waals surface area contributed by atoms with Crippen LogP contribution in [0.1, 0.15) is 43.2 Å². The first-order valence-corrected chi connectivity index (χ1v) is 7.15. The summed E-state index contributed by atoms with van der Waals surface area (Å²) in [5.74, 6) is -0.370. The van der Waals surface area contributed by atoms with Gasteiger partial charge in [0.05, 0.1) is 0 Å². The summed E-state index contributed by atoms with van der Waals surface area (Å²) in [7, 11) is 0. The Kier molecular flexibility index (Phi) is 3.33. The van der Waals surface area contributed by atoms with Gasteiger partial charge in [-0.1, -0.05) is 31.2 Å². The van der Waals surface area contributed by atoms with Crippen LogP contribution in [0.25, 0.3) is 0 Å². The van der Waals surface area contributed by atoms with Crippen molar-refractivity contribution < 1.29 is 8.78 Å². The highest BCUT2D eigenvalue weighted by molar-refractivity contribution is 5.37. The average Bonchev–Trinajstić information content (AvgIpc) is 3.20. The molecule has 0 nitrogen and oxygen atoms in total. The maximum atomic E-state index is 13.6. The van der Waals surface area contributed by atoms with E-state index in [1.807, 2.05) is 12.1 Å². The van der Waals surface area contributed by atoms with Crippen molar-refractivity contribution in [2.45, 2.75) is 32.1 Å². The zero-order chi connectivity index (χ0) is 14.2. The molecule has 0 radical (unpaired) electrons. The van der Waals surface area contributed by atoms with Crippen LogP contribution >= 0.6 is 0 Å². The maximum absolute atomic E-state index is 13.6. The predicted molar refractivity (Wildman–Crippen MR) is 76.6 cm³/mol. The van der Waals surface area contributed by atoms with Crippen LogP contribution in [-0.2, 0) is 0 Å². The Bertz CT molecular complexity index is 569. The lowest BCUT2D eigenvalue weighted by Gasteiger charge is -2.27. The quantitative estimate of drug-likeness (QED) is 0.709. The second-order valence-electron chi connectivity index (χ2n) is 5.76. The summed E-state index contributed by atoms with van der Waals surface area (Å²) in [5.41, 5.74) is 2.08. The average molecular weight is 272 g/mol. The van der Waals surface area contributed by atoms with E-state index in [4.69, 9.17) is 0 Å². The minimum Gasteiger partial charge on any atom is -0.207 e. The van der Waals surface area contributed by atoms with Crippen molar-refractivity contribution in [1.29, 1.82) is 0 Å². The second-order valence-corrected chi connectivity index (χ2v) is 5.76. The Morgan fingerprint density at radius 1 is 0.950 bits per heavy atom. The molecule has 20 heavy (non-hydrogen) atoms. The molecule has 1 aliphatic rings. The van der Waals surface area contributed by atoms with Gasteiger partial charge in [-0.25, -0.2) is 8.78 Å². The number of hydrogen-bond donors (Lipinski definition) is 0. The van der Waals surface area contributed by atoms with Crippen LogP contribution in [0.5, 0.6) is 0 Å². The molecule has 0 aliphatic heterocycles. The summed E-state index contributed by atoms with van der Waals surface area (Å²) in [6, 6.07) is 13.5. The molecule has 0 saturated heterocycles. The summed E-state index contributed by atoms with van der Waals surface area (Å²) < 4.78 is 27.1. The zero-order valence-corrected chi connectivity index (χ0v) is 11.6. The fourth-order valence-electron chi connectivity index (χ4n) is 3.28.